The summed E-state index contributed by atoms with van der Waals surface area (Å²) in [4.78, 5) is 13.1. The molecule has 0 aliphatic carbocycles. The highest BCUT2D eigenvalue weighted by Gasteiger charge is 2.31. The molecule has 1 aromatic heterocycles. The van der Waals surface area contributed by atoms with E-state index in [0.717, 1.165) is 6.07 Å². The van der Waals surface area contributed by atoms with Crippen molar-refractivity contribution in [3.05, 3.63) is 57.8 Å². The van der Waals surface area contributed by atoms with Crippen molar-refractivity contribution >= 4 is 11.6 Å². The molecule has 0 radical (unpaired) electrons. The summed E-state index contributed by atoms with van der Waals surface area (Å²) in [5.41, 5.74) is -0.0924. The molecule has 0 amide bonds. The van der Waals surface area contributed by atoms with Gasteiger partial charge in [-0.2, -0.15) is 13.2 Å². The maximum atomic E-state index is 12.8. The lowest BCUT2D eigenvalue weighted by molar-refractivity contribution is -0.915. The topological polar surface area (TPSA) is 64.0 Å². The van der Waals surface area contributed by atoms with E-state index in [0.29, 0.717) is 44.2 Å². The van der Waals surface area contributed by atoms with Crippen LogP contribution >= 0.6 is 0 Å². The van der Waals surface area contributed by atoms with E-state index in [1.165, 1.54) is 23.1 Å². The summed E-state index contributed by atoms with van der Waals surface area (Å²) >= 11 is 0. The SMILES string of the molecule is O=[N+]([O-])c1ccc(C[NH+]2CCN(c3cccc(C(F)(F)F)c3)CC2)o1. The minimum Gasteiger partial charge on any atom is -0.400 e. The monoisotopic (exact) mass is 356 g/mol. The van der Waals surface area contributed by atoms with Gasteiger partial charge in [0, 0.05) is 5.69 Å². The minimum absolute atomic E-state index is 0.281. The van der Waals surface area contributed by atoms with E-state index in [4.69, 9.17) is 4.42 Å². The number of nitrogens with zero attached hydrogens (tertiary/aromatic N) is 2. The smallest absolute Gasteiger partial charge is 0.400 e. The predicted octanol–water partition coefficient (Wildman–Crippen LogP) is 2.11. The van der Waals surface area contributed by atoms with Gasteiger partial charge in [0.1, 0.15) is 11.5 Å². The Morgan fingerprint density at radius 2 is 1.92 bits per heavy atom. The summed E-state index contributed by atoms with van der Waals surface area (Å²) in [6, 6.07) is 8.24. The fourth-order valence-corrected chi connectivity index (χ4v) is 2.94. The Balaban J connectivity index is 1.59. The molecule has 3 rings (SSSR count). The van der Waals surface area contributed by atoms with Gasteiger partial charge in [-0.3, -0.25) is 10.1 Å². The number of rotatable bonds is 4. The molecular weight excluding hydrogens is 339 g/mol. The molecule has 0 atom stereocenters. The van der Waals surface area contributed by atoms with E-state index < -0.39 is 16.7 Å². The molecule has 1 aliphatic heterocycles. The lowest BCUT2D eigenvalue weighted by Crippen LogP contribution is -3.13. The molecule has 9 heteroatoms. The number of piperazine rings is 1. The van der Waals surface area contributed by atoms with Crippen LogP contribution in [0.25, 0.3) is 0 Å². The van der Waals surface area contributed by atoms with Crippen LogP contribution in [0.4, 0.5) is 24.7 Å². The number of hydrogen-bond acceptors (Lipinski definition) is 4. The molecule has 134 valence electrons. The number of nitrogens with one attached hydrogen (secondary N) is 1. The maximum Gasteiger partial charge on any atom is 0.433 e. The maximum absolute atomic E-state index is 12.8. The van der Waals surface area contributed by atoms with E-state index in [1.54, 1.807) is 12.1 Å². The molecule has 1 aliphatic rings. The first-order valence-corrected chi connectivity index (χ1v) is 7.82. The molecule has 1 saturated heterocycles. The van der Waals surface area contributed by atoms with Crippen molar-refractivity contribution in [1.29, 1.82) is 0 Å². The van der Waals surface area contributed by atoms with Gasteiger partial charge in [0.05, 0.1) is 37.8 Å². The first-order chi connectivity index (χ1) is 11.8. The van der Waals surface area contributed by atoms with Crippen LogP contribution in [0, 0.1) is 10.1 Å². The summed E-state index contributed by atoms with van der Waals surface area (Å²) in [7, 11) is 0. The van der Waals surface area contributed by atoms with Gasteiger partial charge in [0.2, 0.25) is 0 Å². The number of quaternary nitrogens is 1. The van der Waals surface area contributed by atoms with Crippen LogP contribution in [-0.2, 0) is 12.7 Å². The average molecular weight is 356 g/mol. The van der Waals surface area contributed by atoms with Gasteiger partial charge in [0.15, 0.2) is 5.76 Å². The number of anilines is 1. The third kappa shape index (κ3) is 4.11. The van der Waals surface area contributed by atoms with E-state index in [1.807, 2.05) is 4.90 Å². The zero-order valence-electron chi connectivity index (χ0n) is 13.3. The van der Waals surface area contributed by atoms with Crippen LogP contribution in [0.5, 0.6) is 0 Å². The largest absolute Gasteiger partial charge is 0.433 e. The van der Waals surface area contributed by atoms with Crippen molar-refractivity contribution in [2.75, 3.05) is 31.1 Å². The van der Waals surface area contributed by atoms with Crippen molar-refractivity contribution in [3.8, 4) is 0 Å². The molecule has 6 nitrogen and oxygen atoms in total. The van der Waals surface area contributed by atoms with E-state index in [2.05, 4.69) is 0 Å². The molecule has 1 N–H and O–H groups in total. The molecule has 25 heavy (non-hydrogen) atoms. The van der Waals surface area contributed by atoms with Crippen molar-refractivity contribution in [1.82, 2.24) is 0 Å². The Morgan fingerprint density at radius 1 is 1.20 bits per heavy atom. The van der Waals surface area contributed by atoms with Crippen LogP contribution in [-0.4, -0.2) is 31.1 Å². The minimum atomic E-state index is -4.35. The van der Waals surface area contributed by atoms with Crippen LogP contribution in [0.3, 0.4) is 0 Å². The molecule has 0 spiro atoms. The number of hydrogen-bond donors (Lipinski definition) is 1. The van der Waals surface area contributed by atoms with Crippen LogP contribution in [0.2, 0.25) is 0 Å². The molecule has 2 heterocycles. The summed E-state index contributed by atoms with van der Waals surface area (Å²) in [6.45, 7) is 3.17. The highest BCUT2D eigenvalue weighted by Crippen LogP contribution is 2.31. The second-order valence-electron chi connectivity index (χ2n) is 5.96. The van der Waals surface area contributed by atoms with Crippen LogP contribution < -0.4 is 9.80 Å². The lowest BCUT2D eigenvalue weighted by atomic mass is 10.1. The van der Waals surface area contributed by atoms with Crippen molar-refractivity contribution in [2.24, 2.45) is 0 Å². The predicted molar refractivity (Wildman–Crippen MR) is 83.4 cm³/mol. The van der Waals surface area contributed by atoms with Gasteiger partial charge >= 0.3 is 12.1 Å². The van der Waals surface area contributed by atoms with Gasteiger partial charge < -0.3 is 14.2 Å². The molecule has 1 fully saturated rings. The third-order valence-electron chi connectivity index (χ3n) is 4.26. The molecule has 2 aromatic rings. The van der Waals surface area contributed by atoms with Crippen LogP contribution in [0.1, 0.15) is 11.3 Å². The lowest BCUT2D eigenvalue weighted by Gasteiger charge is -2.33. The molecule has 0 saturated carbocycles. The van der Waals surface area contributed by atoms with E-state index in [9.17, 15) is 23.3 Å². The molecule has 1 aromatic carbocycles. The van der Waals surface area contributed by atoms with Crippen LogP contribution in [0.15, 0.2) is 40.8 Å². The summed E-state index contributed by atoms with van der Waals surface area (Å²) in [5, 5.41) is 10.6. The van der Waals surface area contributed by atoms with E-state index in [-0.39, 0.29) is 5.88 Å². The molecule has 0 unspecified atom stereocenters. The zero-order chi connectivity index (χ0) is 18.0. The van der Waals surface area contributed by atoms with Gasteiger partial charge in [-0.15, -0.1) is 0 Å². The summed E-state index contributed by atoms with van der Waals surface area (Å²) in [5.74, 6) is 0.256. The fraction of sp³-hybridized carbons (Fsp3) is 0.375. The Bertz CT molecular complexity index is 752. The Kier molecular flexibility index (Phi) is 4.67. The van der Waals surface area contributed by atoms with Gasteiger partial charge in [-0.1, -0.05) is 6.07 Å². The van der Waals surface area contributed by atoms with Crippen molar-refractivity contribution in [2.45, 2.75) is 12.7 Å². The number of furan rings is 1. The highest BCUT2D eigenvalue weighted by molar-refractivity contribution is 5.49. The number of benzene rings is 1. The normalized spacial score (nSPS) is 16.2. The highest BCUT2D eigenvalue weighted by atomic mass is 19.4. The van der Waals surface area contributed by atoms with Gasteiger partial charge in [-0.25, -0.2) is 0 Å². The first kappa shape index (κ1) is 17.3. The first-order valence-electron chi connectivity index (χ1n) is 7.82. The molecule has 0 bridgehead atoms. The van der Waals surface area contributed by atoms with Crippen molar-refractivity contribution < 1.29 is 27.4 Å². The van der Waals surface area contributed by atoms with Crippen molar-refractivity contribution in [3.63, 3.8) is 0 Å². The second kappa shape index (κ2) is 6.75. The Morgan fingerprint density at radius 3 is 2.52 bits per heavy atom. The van der Waals surface area contributed by atoms with E-state index >= 15 is 0 Å². The fourth-order valence-electron chi connectivity index (χ4n) is 2.94. The summed E-state index contributed by atoms with van der Waals surface area (Å²) < 4.78 is 43.6. The zero-order valence-corrected chi connectivity index (χ0v) is 13.3. The number of nitro groups is 1. The summed E-state index contributed by atoms with van der Waals surface area (Å²) in [6.07, 6.45) is -4.35. The number of halogens is 3. The average Bonchev–Trinajstić information content (AvgIpc) is 3.04. The van der Waals surface area contributed by atoms with Gasteiger partial charge in [-0.05, 0) is 24.3 Å². The third-order valence-corrected chi connectivity index (χ3v) is 4.26. The second-order valence-corrected chi connectivity index (χ2v) is 5.96. The van der Waals surface area contributed by atoms with Gasteiger partial charge in [0.25, 0.3) is 0 Å². The molecular formula is C16H17F3N3O3+. The Hall–Kier alpha value is -2.55. The standard InChI is InChI=1S/C16H16F3N3O3/c17-16(18,19)12-2-1-3-13(10-12)21-8-6-20(7-9-21)11-14-4-5-15(25-14)22(23)24/h1-5,10H,6-9,11H2/p+1. The quantitative estimate of drug-likeness (QED) is 0.673. The Labute approximate surface area is 141 Å². The number of alkyl halides is 3.